The molecule has 0 saturated carbocycles. The van der Waals surface area contributed by atoms with E-state index in [0.29, 0.717) is 23.6 Å². The Morgan fingerprint density at radius 3 is 2.58 bits per heavy atom. The third kappa shape index (κ3) is 4.64. The maximum absolute atomic E-state index is 14.8. The summed E-state index contributed by atoms with van der Waals surface area (Å²) in [4.78, 5) is 45.7. The molecule has 212 valence electrons. The fourth-order valence-electron chi connectivity index (χ4n) is 7.00. The number of nitrogens with zero attached hydrogens (tertiary/aromatic N) is 2. The predicted octanol–water partition coefficient (Wildman–Crippen LogP) is 4.36. The van der Waals surface area contributed by atoms with Crippen molar-refractivity contribution < 1.29 is 24.2 Å². The number of aliphatic hydroxyl groups is 1. The summed E-state index contributed by atoms with van der Waals surface area (Å²) in [5.41, 5.74) is 1.58. The minimum Gasteiger partial charge on any atom is -0.466 e. The largest absolute Gasteiger partial charge is 0.466 e. The van der Waals surface area contributed by atoms with E-state index in [1.807, 2.05) is 30.3 Å². The monoisotopic (exact) mass is 582 g/mol. The van der Waals surface area contributed by atoms with Gasteiger partial charge < -0.3 is 19.6 Å². The van der Waals surface area contributed by atoms with Crippen LogP contribution in [0.4, 0.5) is 5.69 Å². The van der Waals surface area contributed by atoms with E-state index in [0.717, 1.165) is 5.56 Å². The molecule has 9 heteroatoms. The van der Waals surface area contributed by atoms with Gasteiger partial charge in [0.1, 0.15) is 6.04 Å². The molecule has 7 atom stereocenters. The van der Waals surface area contributed by atoms with Gasteiger partial charge in [0.2, 0.25) is 5.91 Å². The molecule has 0 aromatic heterocycles. The van der Waals surface area contributed by atoms with Gasteiger partial charge in [-0.25, -0.2) is 0 Å². The molecule has 0 radical (unpaired) electrons. The van der Waals surface area contributed by atoms with Crippen molar-refractivity contribution in [3.8, 4) is 0 Å². The first-order chi connectivity index (χ1) is 19.3. The molecule has 1 N–H and O–H groups in total. The van der Waals surface area contributed by atoms with E-state index < -0.39 is 28.7 Å². The van der Waals surface area contributed by atoms with Crippen molar-refractivity contribution >= 4 is 46.8 Å². The quantitative estimate of drug-likeness (QED) is 0.331. The van der Waals surface area contributed by atoms with E-state index in [9.17, 15) is 19.5 Å². The number of rotatable bonds is 10. The van der Waals surface area contributed by atoms with Gasteiger partial charge in [-0.15, -0.1) is 18.3 Å². The summed E-state index contributed by atoms with van der Waals surface area (Å²) in [6.07, 6.45) is 2.74. The molecular weight excluding hydrogens is 548 g/mol. The molecule has 3 heterocycles. The molecule has 0 aliphatic carbocycles. The molecular formula is C31H35ClN2O5S. The van der Waals surface area contributed by atoms with Gasteiger partial charge in [-0.1, -0.05) is 54.9 Å². The van der Waals surface area contributed by atoms with E-state index in [2.05, 4.69) is 13.5 Å². The molecule has 2 bridgehead atoms. The van der Waals surface area contributed by atoms with Crippen molar-refractivity contribution in [1.82, 2.24) is 4.90 Å². The van der Waals surface area contributed by atoms with Gasteiger partial charge in [0.05, 0.1) is 35.8 Å². The van der Waals surface area contributed by atoms with Gasteiger partial charge in [0.15, 0.2) is 0 Å². The molecule has 2 aromatic carbocycles. The second-order valence-corrected chi connectivity index (χ2v) is 12.8. The van der Waals surface area contributed by atoms with Crippen LogP contribution in [0, 0.1) is 17.8 Å². The number of thioether (sulfide) groups is 1. The summed E-state index contributed by atoms with van der Waals surface area (Å²) in [5, 5.41) is 11.1. The highest BCUT2D eigenvalue weighted by atomic mass is 35.5. The molecule has 3 saturated heterocycles. The fraction of sp³-hybridized carbons (Fsp3) is 0.452. The van der Waals surface area contributed by atoms with Gasteiger partial charge in [-0.2, -0.15) is 0 Å². The number of amides is 2. The molecule has 3 aliphatic heterocycles. The number of benzene rings is 2. The van der Waals surface area contributed by atoms with Gasteiger partial charge >= 0.3 is 5.97 Å². The Labute approximate surface area is 244 Å². The van der Waals surface area contributed by atoms with Gasteiger partial charge in [-0.05, 0) is 55.5 Å². The van der Waals surface area contributed by atoms with Crippen LogP contribution in [-0.4, -0.2) is 69.6 Å². The van der Waals surface area contributed by atoms with Gasteiger partial charge in [0, 0.05) is 22.5 Å². The van der Waals surface area contributed by atoms with E-state index in [4.69, 9.17) is 16.3 Å². The highest BCUT2D eigenvalue weighted by molar-refractivity contribution is 8.02. The van der Waals surface area contributed by atoms with Gasteiger partial charge in [-0.3, -0.25) is 14.4 Å². The highest BCUT2D eigenvalue weighted by Crippen LogP contribution is 2.69. The average molecular weight is 583 g/mol. The van der Waals surface area contributed by atoms with Gasteiger partial charge in [0.25, 0.3) is 5.91 Å². The molecule has 3 fully saturated rings. The number of carbonyl (C=O) groups is 3. The lowest BCUT2D eigenvalue weighted by Gasteiger charge is -2.42. The Hall–Kier alpha value is -2.81. The fourth-order valence-corrected chi connectivity index (χ4v) is 9.51. The lowest BCUT2D eigenvalue weighted by Crippen LogP contribution is -2.59. The zero-order valence-electron chi connectivity index (χ0n) is 22.7. The number of halogens is 1. The third-order valence-electron chi connectivity index (χ3n) is 8.61. The molecule has 7 nitrogen and oxygen atoms in total. The lowest BCUT2D eigenvalue weighted by molar-refractivity contribution is -0.154. The summed E-state index contributed by atoms with van der Waals surface area (Å²) in [7, 11) is 0. The average Bonchev–Trinajstić information content (AvgIpc) is 3.55. The van der Waals surface area contributed by atoms with Crippen LogP contribution in [0.5, 0.6) is 0 Å². The number of fused-ring (bicyclic) bond motifs is 1. The Kier molecular flexibility index (Phi) is 8.32. The van der Waals surface area contributed by atoms with E-state index in [1.54, 1.807) is 58.8 Å². The van der Waals surface area contributed by atoms with Crippen molar-refractivity contribution in [2.75, 3.05) is 24.7 Å². The number of likely N-dealkylation sites (tertiary alicyclic amines) is 1. The zero-order chi connectivity index (χ0) is 28.6. The molecule has 2 aromatic rings. The second kappa shape index (κ2) is 11.6. The van der Waals surface area contributed by atoms with Crippen LogP contribution in [0.2, 0.25) is 5.02 Å². The zero-order valence-corrected chi connectivity index (χ0v) is 24.3. The van der Waals surface area contributed by atoms with Crippen molar-refractivity contribution in [2.45, 2.75) is 48.8 Å². The van der Waals surface area contributed by atoms with Crippen LogP contribution in [0.15, 0.2) is 67.3 Å². The van der Waals surface area contributed by atoms with Crippen molar-refractivity contribution in [3.63, 3.8) is 0 Å². The first kappa shape index (κ1) is 28.7. The smallest absolute Gasteiger partial charge is 0.310 e. The van der Waals surface area contributed by atoms with E-state index in [1.165, 1.54) is 0 Å². The molecule has 3 aliphatic rings. The minimum absolute atomic E-state index is 0.00653. The summed E-state index contributed by atoms with van der Waals surface area (Å²) in [6.45, 7) is 7.83. The van der Waals surface area contributed by atoms with Crippen molar-refractivity contribution in [1.29, 1.82) is 0 Å². The lowest BCUT2D eigenvalue weighted by atomic mass is 9.66. The number of esters is 1. The molecule has 3 unspecified atom stereocenters. The van der Waals surface area contributed by atoms with Crippen molar-refractivity contribution in [3.05, 3.63) is 77.8 Å². The topological polar surface area (TPSA) is 87.2 Å². The predicted molar refractivity (Wildman–Crippen MR) is 157 cm³/mol. The van der Waals surface area contributed by atoms with E-state index >= 15 is 0 Å². The number of ether oxygens (including phenoxy) is 1. The SMILES string of the molecule is C=CCN(C(=O)C1N([C@@H](CO)Cc2ccccc2)C(=O)[C@@H]2[C@H](C(=O)OCC)[C@@H]3CC(C)C12S3)c1ccc(Cl)cc1. The maximum Gasteiger partial charge on any atom is 0.310 e. The molecule has 5 rings (SSSR count). The van der Waals surface area contributed by atoms with Crippen LogP contribution in [-0.2, 0) is 25.5 Å². The number of carbonyl (C=O) groups excluding carboxylic acids is 3. The Balaban J connectivity index is 1.63. The number of anilines is 1. The third-order valence-corrected chi connectivity index (χ3v) is 10.9. The standard InChI is InChI=1S/C31H35ClN2O5S/c1-4-15-33(22-13-11-21(32)12-14-22)29(37)27-31-19(3)16-24(40-31)25(30(38)39-5-2)26(31)28(36)34(27)23(18-35)17-20-9-7-6-8-10-20/h4,6-14,19,23-27,35H,1,5,15-18H2,2-3H3/t19?,23-,24+,25-,26+,27?,31?/m1/s1. The second-order valence-electron chi connectivity index (χ2n) is 10.8. The first-order valence-electron chi connectivity index (χ1n) is 13.8. The minimum atomic E-state index is -0.883. The summed E-state index contributed by atoms with van der Waals surface area (Å²) in [6, 6.07) is 15.1. The summed E-state index contributed by atoms with van der Waals surface area (Å²) in [5.74, 6) is -2.25. The highest BCUT2D eigenvalue weighted by Gasteiger charge is 2.77. The Morgan fingerprint density at radius 1 is 1.25 bits per heavy atom. The van der Waals surface area contributed by atoms with Crippen molar-refractivity contribution in [2.24, 2.45) is 17.8 Å². The maximum atomic E-state index is 14.8. The number of aliphatic hydroxyl groups excluding tert-OH is 1. The van der Waals surface area contributed by atoms with Crippen LogP contribution in [0.1, 0.15) is 25.8 Å². The Morgan fingerprint density at radius 2 is 1.95 bits per heavy atom. The number of hydrogen-bond acceptors (Lipinski definition) is 6. The van der Waals surface area contributed by atoms with Crippen LogP contribution >= 0.6 is 23.4 Å². The number of hydrogen-bond donors (Lipinski definition) is 1. The molecule has 2 amide bonds. The van der Waals surface area contributed by atoms with Crippen LogP contribution in [0.25, 0.3) is 0 Å². The normalized spacial score (nSPS) is 29.2. The van der Waals surface area contributed by atoms with E-state index in [-0.39, 0.29) is 48.7 Å². The summed E-state index contributed by atoms with van der Waals surface area (Å²) < 4.78 is 4.63. The molecule has 1 spiro atoms. The first-order valence-corrected chi connectivity index (χ1v) is 15.0. The molecule has 40 heavy (non-hydrogen) atoms. The summed E-state index contributed by atoms with van der Waals surface area (Å²) >= 11 is 7.73. The Bertz CT molecular complexity index is 1270. The van der Waals surface area contributed by atoms with Crippen LogP contribution < -0.4 is 4.90 Å². The van der Waals surface area contributed by atoms with Crippen LogP contribution in [0.3, 0.4) is 0 Å².